The topological polar surface area (TPSA) is 37.3 Å². The molecule has 0 spiro atoms. The van der Waals surface area contributed by atoms with Crippen LogP contribution in [0, 0.1) is 6.92 Å². The van der Waals surface area contributed by atoms with Gasteiger partial charge < -0.3 is 5.11 Å². The van der Waals surface area contributed by atoms with Gasteiger partial charge in [0.05, 0.1) is 6.42 Å². The molecule has 78 valence electrons. The summed E-state index contributed by atoms with van der Waals surface area (Å²) >= 11 is 1.70. The Morgan fingerprint density at radius 1 is 1.40 bits per heavy atom. The Balaban J connectivity index is 2.36. The highest BCUT2D eigenvalue weighted by atomic mass is 32.1. The third-order valence-electron chi connectivity index (χ3n) is 2.51. The van der Waals surface area contributed by atoms with Crippen LogP contribution in [-0.4, -0.2) is 11.1 Å². The molecule has 0 aliphatic rings. The molecule has 0 amide bonds. The lowest BCUT2D eigenvalue weighted by atomic mass is 10.1. The van der Waals surface area contributed by atoms with E-state index in [1.807, 2.05) is 12.1 Å². The van der Waals surface area contributed by atoms with E-state index in [-0.39, 0.29) is 6.42 Å². The molecule has 1 N–H and O–H groups in total. The number of hydrogen-bond donors (Lipinski definition) is 1. The molecule has 0 aliphatic carbocycles. The minimum absolute atomic E-state index is 0.216. The summed E-state index contributed by atoms with van der Waals surface area (Å²) in [4.78, 5) is 11.7. The molecule has 0 saturated heterocycles. The first-order chi connectivity index (χ1) is 7.18. The summed E-state index contributed by atoms with van der Waals surface area (Å²) < 4.78 is 1.25. The van der Waals surface area contributed by atoms with Gasteiger partial charge in [0.2, 0.25) is 0 Å². The van der Waals surface area contributed by atoms with E-state index < -0.39 is 5.97 Å². The number of benzene rings is 1. The van der Waals surface area contributed by atoms with E-state index >= 15 is 0 Å². The smallest absolute Gasteiger partial charge is 0.303 e. The summed E-state index contributed by atoms with van der Waals surface area (Å²) in [5.74, 6) is -0.730. The van der Waals surface area contributed by atoms with Crippen LogP contribution in [0.4, 0.5) is 0 Å². The van der Waals surface area contributed by atoms with Crippen LogP contribution in [0.2, 0.25) is 0 Å². The number of carboxylic acids is 1. The van der Waals surface area contributed by atoms with Gasteiger partial charge in [-0.1, -0.05) is 18.2 Å². The number of carbonyl (C=O) groups is 1. The van der Waals surface area contributed by atoms with Gasteiger partial charge in [0.1, 0.15) is 0 Å². The molecule has 0 bridgehead atoms. The fraction of sp³-hybridized carbons (Fsp3) is 0.250. The van der Waals surface area contributed by atoms with E-state index in [2.05, 4.69) is 19.1 Å². The van der Waals surface area contributed by atoms with Gasteiger partial charge >= 0.3 is 5.97 Å². The maximum absolute atomic E-state index is 10.5. The zero-order chi connectivity index (χ0) is 10.8. The molecule has 0 saturated carbocycles. The Kier molecular flexibility index (Phi) is 2.73. The molecule has 0 fully saturated rings. The Hall–Kier alpha value is -1.35. The second-order valence-corrected chi connectivity index (χ2v) is 4.68. The van der Waals surface area contributed by atoms with E-state index in [4.69, 9.17) is 5.11 Å². The van der Waals surface area contributed by atoms with Gasteiger partial charge in [-0.15, -0.1) is 11.3 Å². The molecule has 3 heteroatoms. The largest absolute Gasteiger partial charge is 0.481 e. The average molecular weight is 220 g/mol. The van der Waals surface area contributed by atoms with Crippen molar-refractivity contribution in [2.45, 2.75) is 19.8 Å². The van der Waals surface area contributed by atoms with Crippen molar-refractivity contribution in [3.63, 3.8) is 0 Å². The van der Waals surface area contributed by atoms with Crippen LogP contribution in [0.5, 0.6) is 0 Å². The van der Waals surface area contributed by atoms with E-state index in [0.29, 0.717) is 6.42 Å². The second-order valence-electron chi connectivity index (χ2n) is 3.54. The summed E-state index contributed by atoms with van der Waals surface area (Å²) in [6, 6.07) is 8.20. The standard InChI is InChI=1S/C12H12O2S/c1-8-9-4-2-3-5-11(9)15-10(8)6-7-12(13)14/h2-5H,6-7H2,1H3,(H,13,14). The predicted octanol–water partition coefficient (Wildman–Crippen LogP) is 3.23. The zero-order valence-corrected chi connectivity index (χ0v) is 9.30. The molecule has 2 rings (SSSR count). The van der Waals surface area contributed by atoms with Crippen molar-refractivity contribution in [1.82, 2.24) is 0 Å². The first kappa shape index (κ1) is 10.2. The van der Waals surface area contributed by atoms with Crippen molar-refractivity contribution < 1.29 is 9.90 Å². The van der Waals surface area contributed by atoms with Crippen LogP contribution in [0.1, 0.15) is 16.9 Å². The highest BCUT2D eigenvalue weighted by Crippen LogP contribution is 2.31. The third-order valence-corrected chi connectivity index (χ3v) is 3.84. The number of rotatable bonds is 3. The van der Waals surface area contributed by atoms with Crippen LogP contribution in [0.3, 0.4) is 0 Å². The molecule has 1 aromatic carbocycles. The van der Waals surface area contributed by atoms with Crippen LogP contribution >= 0.6 is 11.3 Å². The molecule has 1 heterocycles. The summed E-state index contributed by atoms with van der Waals surface area (Å²) in [6.07, 6.45) is 0.855. The highest BCUT2D eigenvalue weighted by molar-refractivity contribution is 7.19. The average Bonchev–Trinajstić information content (AvgIpc) is 2.54. The lowest BCUT2D eigenvalue weighted by molar-refractivity contribution is -0.136. The maximum atomic E-state index is 10.5. The number of aliphatic carboxylic acids is 1. The van der Waals surface area contributed by atoms with Gasteiger partial charge in [-0.2, -0.15) is 0 Å². The number of fused-ring (bicyclic) bond motifs is 1. The number of aryl methyl sites for hydroxylation is 2. The molecule has 2 nitrogen and oxygen atoms in total. The molecule has 2 aromatic rings. The van der Waals surface area contributed by atoms with Gasteiger partial charge in [-0.3, -0.25) is 4.79 Å². The summed E-state index contributed by atoms with van der Waals surface area (Å²) in [5.41, 5.74) is 1.23. The second kappa shape index (κ2) is 4.03. The Morgan fingerprint density at radius 3 is 2.80 bits per heavy atom. The van der Waals surface area contributed by atoms with Gasteiger partial charge in [-0.05, 0) is 30.4 Å². The molecule has 1 aromatic heterocycles. The van der Waals surface area contributed by atoms with Crippen LogP contribution < -0.4 is 0 Å². The number of carboxylic acid groups (broad SMARTS) is 1. The van der Waals surface area contributed by atoms with Gasteiger partial charge in [0, 0.05) is 9.58 Å². The molecule has 0 unspecified atom stereocenters. The Morgan fingerprint density at radius 2 is 2.13 bits per heavy atom. The number of thiophene rings is 1. The monoisotopic (exact) mass is 220 g/mol. The molecule has 0 aliphatic heterocycles. The first-order valence-electron chi connectivity index (χ1n) is 4.87. The van der Waals surface area contributed by atoms with E-state index in [0.717, 1.165) is 0 Å². The fourth-order valence-corrected chi connectivity index (χ4v) is 2.89. The van der Waals surface area contributed by atoms with E-state index in [1.165, 1.54) is 20.5 Å². The molecular formula is C12H12O2S. The molecule has 15 heavy (non-hydrogen) atoms. The minimum Gasteiger partial charge on any atom is -0.481 e. The Bertz CT molecular complexity index is 499. The molecular weight excluding hydrogens is 208 g/mol. The van der Waals surface area contributed by atoms with Crippen molar-refractivity contribution in [3.8, 4) is 0 Å². The van der Waals surface area contributed by atoms with Crippen molar-refractivity contribution in [1.29, 1.82) is 0 Å². The van der Waals surface area contributed by atoms with Crippen LogP contribution in [0.25, 0.3) is 10.1 Å². The quantitative estimate of drug-likeness (QED) is 0.862. The van der Waals surface area contributed by atoms with Gasteiger partial charge in [-0.25, -0.2) is 0 Å². The van der Waals surface area contributed by atoms with Crippen molar-refractivity contribution in [2.24, 2.45) is 0 Å². The van der Waals surface area contributed by atoms with Gasteiger partial charge in [0.25, 0.3) is 0 Å². The molecule has 0 radical (unpaired) electrons. The molecule has 0 atom stereocenters. The number of hydrogen-bond acceptors (Lipinski definition) is 2. The highest BCUT2D eigenvalue weighted by Gasteiger charge is 2.08. The zero-order valence-electron chi connectivity index (χ0n) is 8.49. The van der Waals surface area contributed by atoms with Crippen LogP contribution in [-0.2, 0) is 11.2 Å². The predicted molar refractivity (Wildman–Crippen MR) is 62.5 cm³/mol. The SMILES string of the molecule is Cc1c(CCC(=O)O)sc2ccccc12. The van der Waals surface area contributed by atoms with E-state index in [1.54, 1.807) is 11.3 Å². The minimum atomic E-state index is -0.730. The Labute approximate surface area is 92.2 Å². The first-order valence-corrected chi connectivity index (χ1v) is 5.69. The van der Waals surface area contributed by atoms with Gasteiger partial charge in [0.15, 0.2) is 0 Å². The van der Waals surface area contributed by atoms with Crippen molar-refractivity contribution in [3.05, 3.63) is 34.7 Å². The maximum Gasteiger partial charge on any atom is 0.303 e. The van der Waals surface area contributed by atoms with Crippen LogP contribution in [0.15, 0.2) is 24.3 Å². The summed E-state index contributed by atoms with van der Waals surface area (Å²) in [6.45, 7) is 2.07. The summed E-state index contributed by atoms with van der Waals surface area (Å²) in [7, 11) is 0. The summed E-state index contributed by atoms with van der Waals surface area (Å²) in [5, 5.41) is 9.90. The lowest BCUT2D eigenvalue weighted by Gasteiger charge is -1.95. The van der Waals surface area contributed by atoms with E-state index in [9.17, 15) is 4.79 Å². The van der Waals surface area contributed by atoms with Crippen molar-refractivity contribution >= 4 is 27.4 Å². The fourth-order valence-electron chi connectivity index (χ4n) is 1.68. The normalized spacial score (nSPS) is 10.7. The lowest BCUT2D eigenvalue weighted by Crippen LogP contribution is -1.96. The third kappa shape index (κ3) is 2.02. The van der Waals surface area contributed by atoms with Crippen molar-refractivity contribution in [2.75, 3.05) is 0 Å².